The van der Waals surface area contributed by atoms with E-state index in [0.717, 1.165) is 0 Å². The molecule has 0 aromatic rings. The van der Waals surface area contributed by atoms with Gasteiger partial charge in [0.25, 0.3) is 0 Å². The molecule has 0 spiro atoms. The fourth-order valence-corrected chi connectivity index (χ4v) is 0.866. The fraction of sp³-hybridized carbons (Fsp3) is 0.500. The van der Waals surface area contributed by atoms with E-state index in [4.69, 9.17) is 5.11 Å². The topological polar surface area (TPSA) is 52.6 Å². The van der Waals surface area contributed by atoms with Crippen molar-refractivity contribution >= 4 is 6.03 Å². The number of aliphatic hydroxyl groups is 1. The Morgan fingerprint density at radius 2 is 2.60 bits per heavy atom. The van der Waals surface area contributed by atoms with Crippen molar-refractivity contribution in [3.63, 3.8) is 0 Å². The first-order chi connectivity index (χ1) is 4.75. The third-order valence-electron chi connectivity index (χ3n) is 1.42. The first kappa shape index (κ1) is 7.08. The van der Waals surface area contributed by atoms with Gasteiger partial charge in [0.15, 0.2) is 0 Å². The van der Waals surface area contributed by atoms with Crippen molar-refractivity contribution in [2.45, 2.75) is 6.23 Å². The van der Waals surface area contributed by atoms with Crippen LogP contribution in [0.1, 0.15) is 0 Å². The number of urea groups is 1. The van der Waals surface area contributed by atoms with Crippen LogP contribution in [0.3, 0.4) is 0 Å². The highest BCUT2D eigenvalue weighted by Gasteiger charge is 2.23. The molecule has 2 amide bonds. The molecule has 1 aliphatic heterocycles. The summed E-state index contributed by atoms with van der Waals surface area (Å²) in [5, 5.41) is 11.6. The van der Waals surface area contributed by atoms with E-state index in [1.807, 2.05) is 0 Å². The van der Waals surface area contributed by atoms with Crippen molar-refractivity contribution in [1.29, 1.82) is 0 Å². The van der Waals surface area contributed by atoms with Crippen LogP contribution in [0, 0.1) is 0 Å². The van der Waals surface area contributed by atoms with Crippen molar-refractivity contribution in [2.24, 2.45) is 0 Å². The van der Waals surface area contributed by atoms with E-state index in [1.165, 1.54) is 11.0 Å². The zero-order valence-corrected chi connectivity index (χ0v) is 5.58. The maximum atomic E-state index is 10.8. The molecule has 4 nitrogen and oxygen atoms in total. The van der Waals surface area contributed by atoms with Crippen LogP contribution in [0.15, 0.2) is 12.7 Å². The summed E-state index contributed by atoms with van der Waals surface area (Å²) in [4.78, 5) is 12.1. The third kappa shape index (κ3) is 1.11. The molecule has 0 saturated carbocycles. The van der Waals surface area contributed by atoms with Gasteiger partial charge in [-0.15, -0.1) is 0 Å². The minimum absolute atomic E-state index is 0.229. The Hall–Kier alpha value is -1.03. The monoisotopic (exact) mass is 142 g/mol. The van der Waals surface area contributed by atoms with Gasteiger partial charge < -0.3 is 10.4 Å². The number of carbonyl (C=O) groups is 1. The van der Waals surface area contributed by atoms with E-state index >= 15 is 0 Å². The Bertz CT molecular complexity index is 158. The molecular formula is C6H10N2O2. The molecule has 0 aromatic carbocycles. The minimum atomic E-state index is -0.845. The highest BCUT2D eigenvalue weighted by Crippen LogP contribution is 2.01. The van der Waals surface area contributed by atoms with Gasteiger partial charge in [0.1, 0.15) is 6.23 Å². The van der Waals surface area contributed by atoms with Crippen LogP contribution < -0.4 is 5.32 Å². The molecular weight excluding hydrogens is 132 g/mol. The number of nitrogens with one attached hydrogen (secondary N) is 1. The van der Waals surface area contributed by atoms with Crippen molar-refractivity contribution < 1.29 is 9.90 Å². The maximum Gasteiger partial charge on any atom is 0.319 e. The number of hydrogen-bond donors (Lipinski definition) is 2. The predicted octanol–water partition coefficient (Wildman–Crippen LogP) is -0.484. The van der Waals surface area contributed by atoms with E-state index in [0.29, 0.717) is 13.1 Å². The number of rotatable bonds is 2. The van der Waals surface area contributed by atoms with Gasteiger partial charge in [-0.05, 0) is 6.08 Å². The zero-order chi connectivity index (χ0) is 7.56. The first-order valence-electron chi connectivity index (χ1n) is 3.11. The second kappa shape index (κ2) is 2.70. The summed E-state index contributed by atoms with van der Waals surface area (Å²) in [6, 6.07) is -0.229. The average molecular weight is 142 g/mol. The number of carbonyl (C=O) groups excluding carboxylic acids is 1. The van der Waals surface area contributed by atoms with Crippen molar-refractivity contribution in [1.82, 2.24) is 10.2 Å². The molecule has 1 rings (SSSR count). The molecule has 0 aromatic heterocycles. The summed E-state index contributed by atoms with van der Waals surface area (Å²) >= 11 is 0. The second-order valence-corrected chi connectivity index (χ2v) is 2.07. The summed E-state index contributed by atoms with van der Waals surface area (Å²) in [6.07, 6.45) is 0.479. The number of nitrogens with zero attached hydrogens (tertiary/aromatic N) is 1. The largest absolute Gasteiger partial charge is 0.370 e. The van der Waals surface area contributed by atoms with Crippen LogP contribution in [0.25, 0.3) is 0 Å². The summed E-state index contributed by atoms with van der Waals surface area (Å²) in [7, 11) is 0. The lowest BCUT2D eigenvalue weighted by Crippen LogP contribution is -2.36. The van der Waals surface area contributed by atoms with Gasteiger partial charge in [0.2, 0.25) is 0 Å². The van der Waals surface area contributed by atoms with Crippen molar-refractivity contribution in [3.8, 4) is 0 Å². The lowest BCUT2D eigenvalue weighted by molar-refractivity contribution is 0.0833. The predicted molar refractivity (Wildman–Crippen MR) is 36.3 cm³/mol. The molecule has 1 heterocycles. The molecule has 0 aliphatic carbocycles. The first-order valence-corrected chi connectivity index (χ1v) is 3.11. The van der Waals surface area contributed by atoms with Crippen molar-refractivity contribution in [2.75, 3.05) is 13.1 Å². The summed E-state index contributed by atoms with van der Waals surface area (Å²) in [5.74, 6) is 0. The number of amides is 2. The maximum absolute atomic E-state index is 10.8. The third-order valence-corrected chi connectivity index (χ3v) is 1.42. The Kier molecular flexibility index (Phi) is 1.91. The molecule has 1 aliphatic rings. The molecule has 1 unspecified atom stereocenters. The fourth-order valence-electron chi connectivity index (χ4n) is 0.866. The van der Waals surface area contributed by atoms with Gasteiger partial charge in [-0.2, -0.15) is 0 Å². The normalized spacial score (nSPS) is 20.5. The van der Waals surface area contributed by atoms with E-state index < -0.39 is 6.23 Å². The van der Waals surface area contributed by atoms with E-state index in [9.17, 15) is 4.79 Å². The van der Waals surface area contributed by atoms with Crippen LogP contribution >= 0.6 is 0 Å². The van der Waals surface area contributed by atoms with E-state index in [1.54, 1.807) is 0 Å². The van der Waals surface area contributed by atoms with E-state index in [2.05, 4.69) is 11.9 Å². The molecule has 4 heteroatoms. The molecule has 0 radical (unpaired) electrons. The Labute approximate surface area is 59.1 Å². The Morgan fingerprint density at radius 3 is 3.00 bits per heavy atom. The lowest BCUT2D eigenvalue weighted by atomic mass is 10.5. The number of hydrogen-bond acceptors (Lipinski definition) is 2. The molecule has 1 fully saturated rings. The lowest BCUT2D eigenvalue weighted by Gasteiger charge is -2.17. The van der Waals surface area contributed by atoms with Gasteiger partial charge in [-0.25, -0.2) is 4.79 Å². The summed E-state index contributed by atoms with van der Waals surface area (Å²) in [6.45, 7) is 4.52. The van der Waals surface area contributed by atoms with Gasteiger partial charge in [-0.1, -0.05) is 6.58 Å². The van der Waals surface area contributed by atoms with Gasteiger partial charge in [0, 0.05) is 13.1 Å². The molecule has 1 atom stereocenters. The van der Waals surface area contributed by atoms with Gasteiger partial charge in [0.05, 0.1) is 0 Å². The second-order valence-electron chi connectivity index (χ2n) is 2.07. The quantitative estimate of drug-likeness (QED) is 0.511. The zero-order valence-electron chi connectivity index (χ0n) is 5.58. The van der Waals surface area contributed by atoms with Crippen LogP contribution in [0.2, 0.25) is 0 Å². The van der Waals surface area contributed by atoms with Gasteiger partial charge in [-0.3, -0.25) is 4.90 Å². The van der Waals surface area contributed by atoms with Crippen molar-refractivity contribution in [3.05, 3.63) is 12.7 Å². The smallest absolute Gasteiger partial charge is 0.319 e. The van der Waals surface area contributed by atoms with Gasteiger partial charge >= 0.3 is 6.03 Å². The summed E-state index contributed by atoms with van der Waals surface area (Å²) < 4.78 is 0. The SMILES string of the molecule is C=CC(O)N1CCNC1=O. The Balaban J connectivity index is 2.54. The van der Waals surface area contributed by atoms with Crippen LogP contribution in [-0.4, -0.2) is 35.4 Å². The minimum Gasteiger partial charge on any atom is -0.370 e. The molecule has 0 bridgehead atoms. The standard InChI is InChI=1S/C6H10N2O2/c1-2-5(9)8-4-3-7-6(8)10/h2,5,9H,1,3-4H2,(H,7,10). The Morgan fingerprint density at radius 1 is 1.90 bits per heavy atom. The molecule has 10 heavy (non-hydrogen) atoms. The van der Waals surface area contributed by atoms with E-state index in [-0.39, 0.29) is 6.03 Å². The number of aliphatic hydroxyl groups excluding tert-OH is 1. The summed E-state index contributed by atoms with van der Waals surface area (Å²) in [5.41, 5.74) is 0. The highest BCUT2D eigenvalue weighted by atomic mass is 16.3. The van der Waals surface area contributed by atoms with Crippen LogP contribution in [0.5, 0.6) is 0 Å². The molecule has 2 N–H and O–H groups in total. The van der Waals surface area contributed by atoms with Crippen LogP contribution in [-0.2, 0) is 0 Å². The molecule has 56 valence electrons. The molecule has 1 saturated heterocycles. The highest BCUT2D eigenvalue weighted by molar-refractivity contribution is 5.76. The van der Waals surface area contributed by atoms with Crippen LogP contribution in [0.4, 0.5) is 4.79 Å². The average Bonchev–Trinajstić information content (AvgIpc) is 2.34.